The maximum Gasteiger partial charge on any atom is 0.573 e. The predicted molar refractivity (Wildman–Crippen MR) is 73.2 cm³/mol. The summed E-state index contributed by atoms with van der Waals surface area (Å²) in [5.74, 6) is -1.85. The Morgan fingerprint density at radius 3 is 2.12 bits per heavy atom. The fraction of sp³-hybridized carbons (Fsp3) is 0.133. The van der Waals surface area contributed by atoms with Gasteiger partial charge in [0.25, 0.3) is 0 Å². The number of rotatable bonds is 2. The Balaban J connectivity index is 1.97. The minimum Gasteiger partial charge on any atom is -0.406 e. The van der Waals surface area contributed by atoms with Crippen LogP contribution in [0.3, 0.4) is 0 Å². The maximum absolute atomic E-state index is 13.5. The van der Waals surface area contributed by atoms with Gasteiger partial charge < -0.3 is 9.72 Å². The van der Waals surface area contributed by atoms with E-state index in [0.717, 1.165) is 12.1 Å². The smallest absolute Gasteiger partial charge is 0.406 e. The molecule has 0 atom stereocenters. The largest absolute Gasteiger partial charge is 0.573 e. The SMILES string of the molecule is Fc1cc2nc(-c3ccc(OC(F)(F)F)cc3)[nH]c2cc1C(F)(F)F. The van der Waals surface area contributed by atoms with Gasteiger partial charge in [-0.1, -0.05) is 0 Å². The quantitative estimate of drug-likeness (QED) is 0.628. The normalized spacial score (nSPS) is 12.6. The Morgan fingerprint density at radius 1 is 0.920 bits per heavy atom. The highest BCUT2D eigenvalue weighted by Gasteiger charge is 2.34. The van der Waals surface area contributed by atoms with Crippen LogP contribution < -0.4 is 4.74 Å². The van der Waals surface area contributed by atoms with E-state index in [0.29, 0.717) is 17.7 Å². The average Bonchev–Trinajstić information content (AvgIpc) is 2.87. The first-order valence-corrected chi connectivity index (χ1v) is 6.65. The van der Waals surface area contributed by atoms with Crippen LogP contribution >= 0.6 is 0 Å². The Labute approximate surface area is 135 Å². The number of nitrogens with one attached hydrogen (secondary N) is 1. The van der Waals surface area contributed by atoms with Gasteiger partial charge in [-0.2, -0.15) is 13.2 Å². The van der Waals surface area contributed by atoms with Crippen LogP contribution in [-0.2, 0) is 6.18 Å². The molecule has 0 amide bonds. The number of aromatic amines is 1. The van der Waals surface area contributed by atoms with E-state index in [4.69, 9.17) is 0 Å². The van der Waals surface area contributed by atoms with Crippen molar-refractivity contribution in [2.24, 2.45) is 0 Å². The molecular formula is C15H7F7N2O. The third-order valence-corrected chi connectivity index (χ3v) is 3.24. The van der Waals surface area contributed by atoms with Crippen molar-refractivity contribution in [3.8, 4) is 17.1 Å². The number of halogens is 7. The monoisotopic (exact) mass is 364 g/mol. The number of hydrogen-bond acceptors (Lipinski definition) is 2. The van der Waals surface area contributed by atoms with Crippen molar-refractivity contribution in [1.29, 1.82) is 0 Å². The number of imidazole rings is 1. The Bertz CT molecular complexity index is 911. The van der Waals surface area contributed by atoms with Gasteiger partial charge in [-0.05, 0) is 30.3 Å². The third kappa shape index (κ3) is 3.67. The molecule has 3 rings (SSSR count). The van der Waals surface area contributed by atoms with E-state index in [1.165, 1.54) is 12.1 Å². The van der Waals surface area contributed by atoms with E-state index in [1.54, 1.807) is 0 Å². The van der Waals surface area contributed by atoms with Gasteiger partial charge in [0.15, 0.2) is 0 Å². The molecule has 0 saturated carbocycles. The van der Waals surface area contributed by atoms with Gasteiger partial charge in [0.1, 0.15) is 17.4 Å². The first-order valence-electron chi connectivity index (χ1n) is 6.65. The van der Waals surface area contributed by atoms with Gasteiger partial charge in [0.05, 0.1) is 16.6 Å². The first kappa shape index (κ1) is 17.1. The van der Waals surface area contributed by atoms with Crippen molar-refractivity contribution >= 4 is 11.0 Å². The van der Waals surface area contributed by atoms with Crippen molar-refractivity contribution in [3.05, 3.63) is 47.8 Å². The lowest BCUT2D eigenvalue weighted by molar-refractivity contribution is -0.274. The third-order valence-electron chi connectivity index (χ3n) is 3.24. The van der Waals surface area contributed by atoms with Crippen LogP contribution in [0.5, 0.6) is 5.75 Å². The van der Waals surface area contributed by atoms with Gasteiger partial charge in [-0.15, -0.1) is 13.2 Å². The molecule has 3 aromatic rings. The second-order valence-corrected chi connectivity index (χ2v) is 5.00. The molecule has 0 unspecified atom stereocenters. The molecule has 0 bridgehead atoms. The Morgan fingerprint density at radius 2 is 1.56 bits per heavy atom. The lowest BCUT2D eigenvalue weighted by Gasteiger charge is -2.08. The minimum absolute atomic E-state index is 0.0453. The van der Waals surface area contributed by atoms with Crippen molar-refractivity contribution in [3.63, 3.8) is 0 Å². The van der Waals surface area contributed by atoms with E-state index in [-0.39, 0.29) is 16.9 Å². The highest BCUT2D eigenvalue weighted by Crippen LogP contribution is 2.34. The second-order valence-electron chi connectivity index (χ2n) is 5.00. The molecule has 1 N–H and O–H groups in total. The molecule has 2 aromatic carbocycles. The molecule has 0 saturated heterocycles. The maximum atomic E-state index is 13.5. The fourth-order valence-corrected chi connectivity index (χ4v) is 2.20. The van der Waals surface area contributed by atoms with E-state index in [9.17, 15) is 30.7 Å². The van der Waals surface area contributed by atoms with Gasteiger partial charge in [0, 0.05) is 11.6 Å². The van der Waals surface area contributed by atoms with Crippen LogP contribution in [0.1, 0.15) is 5.56 Å². The molecule has 0 fully saturated rings. The van der Waals surface area contributed by atoms with Crippen LogP contribution in [0.4, 0.5) is 30.7 Å². The molecule has 1 aromatic heterocycles. The zero-order valence-corrected chi connectivity index (χ0v) is 12.0. The van der Waals surface area contributed by atoms with E-state index in [2.05, 4.69) is 14.7 Å². The summed E-state index contributed by atoms with van der Waals surface area (Å²) in [6.07, 6.45) is -9.70. The standard InChI is InChI=1S/C15H7F7N2O/c16-10-6-12-11(5-9(10)14(17,18)19)23-13(24-12)7-1-3-8(4-2-7)25-15(20,21)22/h1-6H,(H,23,24). The van der Waals surface area contributed by atoms with Crippen molar-refractivity contribution in [1.82, 2.24) is 9.97 Å². The molecule has 1 heterocycles. The summed E-state index contributed by atoms with van der Waals surface area (Å²) in [6.45, 7) is 0. The van der Waals surface area contributed by atoms with Crippen LogP contribution in [0.25, 0.3) is 22.4 Å². The molecule has 3 nitrogen and oxygen atoms in total. The number of H-pyrrole nitrogens is 1. The van der Waals surface area contributed by atoms with Gasteiger partial charge in [-0.3, -0.25) is 0 Å². The van der Waals surface area contributed by atoms with Crippen LogP contribution in [0, 0.1) is 5.82 Å². The Kier molecular flexibility index (Phi) is 3.85. The van der Waals surface area contributed by atoms with Crippen molar-refractivity contribution in [2.45, 2.75) is 12.5 Å². The van der Waals surface area contributed by atoms with Gasteiger partial charge in [-0.25, -0.2) is 9.37 Å². The molecule has 0 radical (unpaired) electrons. The minimum atomic E-state index is -4.86. The second kappa shape index (κ2) is 5.64. The summed E-state index contributed by atoms with van der Waals surface area (Å²) >= 11 is 0. The molecule has 10 heteroatoms. The highest BCUT2D eigenvalue weighted by atomic mass is 19.4. The van der Waals surface area contributed by atoms with Gasteiger partial charge in [0.2, 0.25) is 0 Å². The lowest BCUT2D eigenvalue weighted by Crippen LogP contribution is -2.16. The topological polar surface area (TPSA) is 37.9 Å². The number of benzene rings is 2. The highest BCUT2D eigenvalue weighted by molar-refractivity contribution is 5.80. The summed E-state index contributed by atoms with van der Waals surface area (Å²) < 4.78 is 91.7. The molecule has 0 aliphatic carbocycles. The lowest BCUT2D eigenvalue weighted by atomic mass is 10.2. The number of nitrogens with zero attached hydrogens (tertiary/aromatic N) is 1. The molecule has 132 valence electrons. The number of alkyl halides is 6. The molecule has 0 spiro atoms. The van der Waals surface area contributed by atoms with Gasteiger partial charge >= 0.3 is 12.5 Å². The molecule has 0 aliphatic rings. The van der Waals surface area contributed by atoms with Crippen LogP contribution in [-0.4, -0.2) is 16.3 Å². The summed E-state index contributed by atoms with van der Waals surface area (Å²) in [5, 5.41) is 0. The number of fused-ring (bicyclic) bond motifs is 1. The predicted octanol–water partition coefficient (Wildman–Crippen LogP) is 5.29. The average molecular weight is 364 g/mol. The van der Waals surface area contributed by atoms with Crippen molar-refractivity contribution < 1.29 is 35.5 Å². The number of hydrogen-bond donors (Lipinski definition) is 1. The zero-order chi connectivity index (χ0) is 18.4. The van der Waals surface area contributed by atoms with Crippen LogP contribution in [0.2, 0.25) is 0 Å². The summed E-state index contributed by atoms with van der Waals surface area (Å²) in [5.41, 5.74) is -1.25. The summed E-state index contributed by atoms with van der Waals surface area (Å²) in [4.78, 5) is 6.52. The summed E-state index contributed by atoms with van der Waals surface area (Å²) in [6, 6.07) is 5.75. The molecule has 0 aliphatic heterocycles. The molecular weight excluding hydrogens is 357 g/mol. The number of aromatic nitrogens is 2. The van der Waals surface area contributed by atoms with Crippen molar-refractivity contribution in [2.75, 3.05) is 0 Å². The van der Waals surface area contributed by atoms with Crippen LogP contribution in [0.15, 0.2) is 36.4 Å². The van der Waals surface area contributed by atoms with E-state index >= 15 is 0 Å². The molecule has 25 heavy (non-hydrogen) atoms. The fourth-order valence-electron chi connectivity index (χ4n) is 2.20. The Hall–Kier alpha value is -2.78. The summed E-state index contributed by atoms with van der Waals surface area (Å²) in [7, 11) is 0. The van der Waals surface area contributed by atoms with E-state index < -0.39 is 29.7 Å². The zero-order valence-electron chi connectivity index (χ0n) is 12.0. The van der Waals surface area contributed by atoms with E-state index in [1.807, 2.05) is 0 Å². The first-order chi connectivity index (χ1) is 11.5. The number of ether oxygens (including phenoxy) is 1.